The summed E-state index contributed by atoms with van der Waals surface area (Å²) >= 11 is 0. The normalized spacial score (nSPS) is 10.7. The maximum Gasteiger partial charge on any atom is 0.253 e. The molecule has 0 radical (unpaired) electrons. The van der Waals surface area contributed by atoms with E-state index in [1.54, 1.807) is 30.7 Å². The summed E-state index contributed by atoms with van der Waals surface area (Å²) in [6.07, 6.45) is 4.81. The highest BCUT2D eigenvalue weighted by molar-refractivity contribution is 5.93. The molecule has 1 amide bonds. The SMILES string of the molecule is CC(C)COc1ccc(C(=O)NCc2cccnc2-c2ccco2)cn1. The van der Waals surface area contributed by atoms with Crippen molar-refractivity contribution >= 4 is 5.91 Å². The molecule has 0 fully saturated rings. The molecule has 0 spiro atoms. The van der Waals surface area contributed by atoms with Crippen molar-refractivity contribution in [3.05, 3.63) is 66.2 Å². The molecule has 3 rings (SSSR count). The van der Waals surface area contributed by atoms with Crippen LogP contribution in [0, 0.1) is 5.92 Å². The van der Waals surface area contributed by atoms with Gasteiger partial charge in [0, 0.05) is 30.6 Å². The lowest BCUT2D eigenvalue weighted by Crippen LogP contribution is -2.23. The van der Waals surface area contributed by atoms with Crippen molar-refractivity contribution < 1.29 is 13.9 Å². The van der Waals surface area contributed by atoms with Gasteiger partial charge in [-0.3, -0.25) is 9.78 Å². The highest BCUT2D eigenvalue weighted by Crippen LogP contribution is 2.21. The van der Waals surface area contributed by atoms with Gasteiger partial charge in [-0.25, -0.2) is 4.98 Å². The lowest BCUT2D eigenvalue weighted by molar-refractivity contribution is 0.0950. The van der Waals surface area contributed by atoms with Crippen molar-refractivity contribution in [2.75, 3.05) is 6.61 Å². The molecule has 3 heterocycles. The minimum absolute atomic E-state index is 0.206. The molecule has 1 N–H and O–H groups in total. The van der Waals surface area contributed by atoms with E-state index in [1.165, 1.54) is 6.20 Å². The van der Waals surface area contributed by atoms with E-state index in [4.69, 9.17) is 9.15 Å². The number of hydrogen-bond donors (Lipinski definition) is 1. The summed E-state index contributed by atoms with van der Waals surface area (Å²) in [5.41, 5.74) is 2.07. The Kier molecular flexibility index (Phi) is 5.63. The first-order valence-electron chi connectivity index (χ1n) is 8.48. The van der Waals surface area contributed by atoms with Crippen LogP contribution in [0.25, 0.3) is 11.5 Å². The Balaban J connectivity index is 1.63. The zero-order valence-electron chi connectivity index (χ0n) is 14.8. The van der Waals surface area contributed by atoms with Crippen molar-refractivity contribution in [2.45, 2.75) is 20.4 Å². The van der Waals surface area contributed by atoms with Crippen LogP contribution in [0.5, 0.6) is 5.88 Å². The Morgan fingerprint density at radius 2 is 2.08 bits per heavy atom. The minimum Gasteiger partial charge on any atom is -0.477 e. The summed E-state index contributed by atoms with van der Waals surface area (Å²) in [6.45, 7) is 5.07. The fraction of sp³-hybridized carbons (Fsp3) is 0.250. The third-order valence-corrected chi connectivity index (χ3v) is 3.65. The number of furan rings is 1. The summed E-state index contributed by atoms with van der Waals surface area (Å²) in [7, 11) is 0. The summed E-state index contributed by atoms with van der Waals surface area (Å²) in [5.74, 6) is 1.40. The van der Waals surface area contributed by atoms with Crippen molar-refractivity contribution in [1.29, 1.82) is 0 Å². The largest absolute Gasteiger partial charge is 0.477 e. The van der Waals surface area contributed by atoms with Gasteiger partial charge in [-0.1, -0.05) is 19.9 Å². The summed E-state index contributed by atoms with van der Waals surface area (Å²) in [5, 5.41) is 2.89. The van der Waals surface area contributed by atoms with Gasteiger partial charge in [-0.15, -0.1) is 0 Å². The van der Waals surface area contributed by atoms with Gasteiger partial charge in [0.25, 0.3) is 5.91 Å². The number of pyridine rings is 2. The average molecular weight is 351 g/mol. The molecule has 0 saturated heterocycles. The van der Waals surface area contributed by atoms with Gasteiger partial charge in [0.1, 0.15) is 5.69 Å². The smallest absolute Gasteiger partial charge is 0.253 e. The number of hydrogen-bond acceptors (Lipinski definition) is 5. The standard InChI is InChI=1S/C20H21N3O3/c1-14(2)13-26-18-8-7-16(12-22-18)20(24)23-11-15-5-3-9-21-19(15)17-6-4-10-25-17/h3-10,12,14H,11,13H2,1-2H3,(H,23,24). The second-order valence-corrected chi connectivity index (χ2v) is 6.26. The highest BCUT2D eigenvalue weighted by Gasteiger charge is 2.11. The van der Waals surface area contributed by atoms with Gasteiger partial charge < -0.3 is 14.5 Å². The maximum absolute atomic E-state index is 12.4. The molecule has 6 nitrogen and oxygen atoms in total. The summed E-state index contributed by atoms with van der Waals surface area (Å²) < 4.78 is 10.9. The molecule has 3 aromatic rings. The van der Waals surface area contributed by atoms with Crippen LogP contribution in [-0.4, -0.2) is 22.5 Å². The van der Waals surface area contributed by atoms with E-state index < -0.39 is 0 Å². The molecule has 0 aliphatic rings. The Morgan fingerprint density at radius 3 is 2.77 bits per heavy atom. The van der Waals surface area contributed by atoms with Crippen LogP contribution in [0.4, 0.5) is 0 Å². The Bertz CT molecular complexity index is 843. The zero-order chi connectivity index (χ0) is 18.4. The number of nitrogens with zero attached hydrogens (tertiary/aromatic N) is 2. The number of ether oxygens (including phenoxy) is 1. The van der Waals surface area contributed by atoms with E-state index in [-0.39, 0.29) is 5.91 Å². The Morgan fingerprint density at radius 1 is 1.19 bits per heavy atom. The van der Waals surface area contributed by atoms with Crippen molar-refractivity contribution in [2.24, 2.45) is 5.92 Å². The van der Waals surface area contributed by atoms with Crippen molar-refractivity contribution in [3.63, 3.8) is 0 Å². The quantitative estimate of drug-likeness (QED) is 0.702. The van der Waals surface area contributed by atoms with Crippen molar-refractivity contribution in [3.8, 4) is 17.3 Å². The molecule has 6 heteroatoms. The molecule has 26 heavy (non-hydrogen) atoms. The average Bonchev–Trinajstić information content (AvgIpc) is 3.19. The number of nitrogens with one attached hydrogen (secondary N) is 1. The number of aromatic nitrogens is 2. The first kappa shape index (κ1) is 17.7. The monoisotopic (exact) mass is 351 g/mol. The molecule has 0 saturated carbocycles. The predicted octanol–water partition coefficient (Wildman–Crippen LogP) is 3.70. The molecule has 0 bridgehead atoms. The fourth-order valence-electron chi connectivity index (χ4n) is 2.35. The Hall–Kier alpha value is -3.15. The number of amides is 1. The number of carbonyl (C=O) groups excluding carboxylic acids is 1. The molecular weight excluding hydrogens is 330 g/mol. The van der Waals surface area contributed by atoms with Crippen LogP contribution in [0.1, 0.15) is 29.8 Å². The minimum atomic E-state index is -0.206. The second kappa shape index (κ2) is 8.29. The van der Waals surface area contributed by atoms with Crippen LogP contribution < -0.4 is 10.1 Å². The Labute approximate surface area is 152 Å². The molecular formula is C20H21N3O3. The van der Waals surface area contributed by atoms with Gasteiger partial charge in [-0.2, -0.15) is 0 Å². The topological polar surface area (TPSA) is 77.2 Å². The van der Waals surface area contributed by atoms with Gasteiger partial charge in [0.2, 0.25) is 5.88 Å². The van der Waals surface area contributed by atoms with Gasteiger partial charge in [0.05, 0.1) is 18.4 Å². The predicted molar refractivity (Wildman–Crippen MR) is 97.7 cm³/mol. The highest BCUT2D eigenvalue weighted by atomic mass is 16.5. The second-order valence-electron chi connectivity index (χ2n) is 6.26. The molecule has 0 aliphatic carbocycles. The molecule has 0 unspecified atom stereocenters. The third kappa shape index (κ3) is 4.47. The van der Waals surface area contributed by atoms with Gasteiger partial charge in [-0.05, 0) is 30.2 Å². The van der Waals surface area contributed by atoms with Gasteiger partial charge in [0.15, 0.2) is 5.76 Å². The van der Waals surface area contributed by atoms with Gasteiger partial charge >= 0.3 is 0 Å². The maximum atomic E-state index is 12.4. The summed E-state index contributed by atoms with van der Waals surface area (Å²) in [6, 6.07) is 10.8. The fourth-order valence-corrected chi connectivity index (χ4v) is 2.35. The van der Waals surface area contributed by atoms with E-state index in [9.17, 15) is 4.79 Å². The molecule has 134 valence electrons. The third-order valence-electron chi connectivity index (χ3n) is 3.65. The van der Waals surface area contributed by atoms with Crippen LogP contribution in [0.15, 0.2) is 59.5 Å². The van der Waals surface area contributed by atoms with E-state index in [0.717, 1.165) is 5.56 Å². The van der Waals surface area contributed by atoms with E-state index in [2.05, 4.69) is 29.1 Å². The first-order valence-corrected chi connectivity index (χ1v) is 8.48. The van der Waals surface area contributed by atoms with Crippen LogP contribution in [0.2, 0.25) is 0 Å². The molecule has 0 atom stereocenters. The lowest BCUT2D eigenvalue weighted by atomic mass is 10.1. The van der Waals surface area contributed by atoms with Crippen LogP contribution >= 0.6 is 0 Å². The first-order chi connectivity index (χ1) is 12.6. The zero-order valence-corrected chi connectivity index (χ0v) is 14.8. The summed E-state index contributed by atoms with van der Waals surface area (Å²) in [4.78, 5) is 20.9. The van der Waals surface area contributed by atoms with Crippen LogP contribution in [-0.2, 0) is 6.54 Å². The molecule has 0 aromatic carbocycles. The lowest BCUT2D eigenvalue weighted by Gasteiger charge is -2.10. The molecule has 0 aliphatic heterocycles. The van der Waals surface area contributed by atoms with E-state index in [0.29, 0.717) is 42.0 Å². The number of rotatable bonds is 7. The molecule has 3 aromatic heterocycles. The van der Waals surface area contributed by atoms with E-state index in [1.807, 2.05) is 18.2 Å². The van der Waals surface area contributed by atoms with E-state index >= 15 is 0 Å². The number of carbonyl (C=O) groups is 1. The van der Waals surface area contributed by atoms with Crippen molar-refractivity contribution in [1.82, 2.24) is 15.3 Å². The van der Waals surface area contributed by atoms with Crippen LogP contribution in [0.3, 0.4) is 0 Å².